The van der Waals surface area contributed by atoms with E-state index in [-0.39, 0.29) is 24.6 Å². The molecule has 2 rings (SSSR count). The van der Waals surface area contributed by atoms with Crippen LogP contribution in [0.25, 0.3) is 0 Å². The summed E-state index contributed by atoms with van der Waals surface area (Å²) in [6, 6.07) is 0.155. The maximum atomic E-state index is 12.0. The van der Waals surface area contributed by atoms with E-state index in [9.17, 15) is 9.59 Å². The molecule has 1 amide bonds. The number of carbonyl (C=O) groups excluding carboxylic acids is 1. The summed E-state index contributed by atoms with van der Waals surface area (Å²) < 4.78 is 5.51. The van der Waals surface area contributed by atoms with Crippen molar-refractivity contribution in [1.29, 1.82) is 0 Å². The summed E-state index contributed by atoms with van der Waals surface area (Å²) in [6.45, 7) is 0.552. The molecule has 1 saturated carbocycles. The van der Waals surface area contributed by atoms with Crippen molar-refractivity contribution in [2.45, 2.75) is 50.7 Å². The molecule has 2 aliphatic rings. The van der Waals surface area contributed by atoms with E-state index in [0.717, 1.165) is 38.7 Å². The number of amides is 1. The Morgan fingerprint density at radius 2 is 2.00 bits per heavy atom. The molecule has 1 atom stereocenters. The highest BCUT2D eigenvalue weighted by atomic mass is 16.5. The Balaban J connectivity index is 1.84. The van der Waals surface area contributed by atoms with Gasteiger partial charge in [0.15, 0.2) is 0 Å². The molecule has 5 nitrogen and oxygen atoms in total. The van der Waals surface area contributed by atoms with Gasteiger partial charge in [0, 0.05) is 12.6 Å². The third-order valence-electron chi connectivity index (χ3n) is 3.29. The van der Waals surface area contributed by atoms with Gasteiger partial charge >= 0.3 is 5.97 Å². The van der Waals surface area contributed by atoms with E-state index in [2.05, 4.69) is 0 Å². The second kappa shape index (κ2) is 5.49. The molecule has 17 heavy (non-hydrogen) atoms. The summed E-state index contributed by atoms with van der Waals surface area (Å²) in [4.78, 5) is 24.2. The molecule has 1 saturated heterocycles. The molecule has 0 aromatic heterocycles. The highest BCUT2D eigenvalue weighted by molar-refractivity contribution is 5.82. The number of carboxylic acid groups (broad SMARTS) is 1. The maximum Gasteiger partial charge on any atom is 0.323 e. The Morgan fingerprint density at radius 1 is 1.24 bits per heavy atom. The van der Waals surface area contributed by atoms with Gasteiger partial charge < -0.3 is 14.7 Å². The van der Waals surface area contributed by atoms with E-state index in [4.69, 9.17) is 9.84 Å². The van der Waals surface area contributed by atoms with Gasteiger partial charge in [-0.1, -0.05) is 0 Å². The molecule has 0 unspecified atom stereocenters. The summed E-state index contributed by atoms with van der Waals surface area (Å²) in [7, 11) is 0. The Bertz CT molecular complexity index is 295. The van der Waals surface area contributed by atoms with Crippen LogP contribution in [-0.4, -0.2) is 47.2 Å². The predicted molar refractivity (Wildman–Crippen MR) is 60.6 cm³/mol. The smallest absolute Gasteiger partial charge is 0.323 e. The first-order chi connectivity index (χ1) is 8.16. The molecular weight excluding hydrogens is 222 g/mol. The summed E-state index contributed by atoms with van der Waals surface area (Å²) in [5.41, 5.74) is 0. The van der Waals surface area contributed by atoms with Gasteiger partial charge in [0.05, 0.1) is 12.5 Å². The minimum Gasteiger partial charge on any atom is -0.480 e. The van der Waals surface area contributed by atoms with Crippen molar-refractivity contribution >= 4 is 11.9 Å². The second-order valence-corrected chi connectivity index (χ2v) is 4.84. The van der Waals surface area contributed by atoms with Gasteiger partial charge in [0.2, 0.25) is 5.91 Å². The van der Waals surface area contributed by atoms with E-state index in [1.165, 1.54) is 4.90 Å². The van der Waals surface area contributed by atoms with Crippen LogP contribution in [0.2, 0.25) is 0 Å². The van der Waals surface area contributed by atoms with Crippen LogP contribution in [0.3, 0.4) is 0 Å². The van der Waals surface area contributed by atoms with Crippen LogP contribution in [0, 0.1) is 0 Å². The van der Waals surface area contributed by atoms with Crippen LogP contribution in [0.1, 0.15) is 38.5 Å². The Morgan fingerprint density at radius 3 is 2.53 bits per heavy atom. The Labute approximate surface area is 101 Å². The normalized spacial score (nSPS) is 24.4. The first-order valence-corrected chi connectivity index (χ1v) is 6.29. The van der Waals surface area contributed by atoms with Gasteiger partial charge in [-0.2, -0.15) is 0 Å². The minimum atomic E-state index is -0.935. The lowest BCUT2D eigenvalue weighted by Crippen LogP contribution is -2.39. The summed E-state index contributed by atoms with van der Waals surface area (Å²) in [5, 5.41) is 8.79. The highest BCUT2D eigenvalue weighted by Crippen LogP contribution is 2.28. The molecule has 1 N–H and O–H groups in total. The first kappa shape index (κ1) is 12.4. The van der Waals surface area contributed by atoms with E-state index in [0.29, 0.717) is 6.42 Å². The van der Waals surface area contributed by atoms with Crippen molar-refractivity contribution in [1.82, 2.24) is 4.90 Å². The van der Waals surface area contributed by atoms with E-state index < -0.39 is 5.97 Å². The quantitative estimate of drug-likeness (QED) is 0.780. The number of ether oxygens (including phenoxy) is 1. The molecule has 0 aromatic rings. The fourth-order valence-corrected chi connectivity index (χ4v) is 2.23. The molecule has 0 spiro atoms. The number of rotatable bonds is 5. The van der Waals surface area contributed by atoms with Gasteiger partial charge in [-0.05, 0) is 32.1 Å². The molecule has 1 aliphatic heterocycles. The van der Waals surface area contributed by atoms with Crippen LogP contribution in [0.4, 0.5) is 0 Å². The van der Waals surface area contributed by atoms with Crippen molar-refractivity contribution in [2.75, 3.05) is 13.2 Å². The Hall–Kier alpha value is -1.10. The van der Waals surface area contributed by atoms with Crippen molar-refractivity contribution in [2.24, 2.45) is 0 Å². The van der Waals surface area contributed by atoms with Crippen molar-refractivity contribution in [3.8, 4) is 0 Å². The van der Waals surface area contributed by atoms with Gasteiger partial charge in [0.1, 0.15) is 6.54 Å². The van der Waals surface area contributed by atoms with Gasteiger partial charge in [0.25, 0.3) is 0 Å². The summed E-state index contributed by atoms with van der Waals surface area (Å²) in [6.07, 6.45) is 5.27. The molecule has 1 aliphatic carbocycles. The average molecular weight is 241 g/mol. The predicted octanol–water partition coefficient (Wildman–Crippen LogP) is 1.02. The fourth-order valence-electron chi connectivity index (χ4n) is 2.23. The molecule has 96 valence electrons. The lowest BCUT2D eigenvalue weighted by molar-refractivity contribution is -0.146. The standard InChI is InChI=1S/C12H19NO4/c14-11(7-10-3-1-2-6-17-10)13(8-12(15)16)9-4-5-9/h9-10H,1-8H2,(H,15,16)/t10-/m0/s1. The number of hydrogen-bond donors (Lipinski definition) is 1. The van der Waals surface area contributed by atoms with Crippen molar-refractivity contribution in [3.05, 3.63) is 0 Å². The number of carboxylic acids is 1. The van der Waals surface area contributed by atoms with Crippen LogP contribution in [-0.2, 0) is 14.3 Å². The number of aliphatic carboxylic acids is 1. The molecule has 0 radical (unpaired) electrons. The van der Waals surface area contributed by atoms with E-state index in [1.54, 1.807) is 0 Å². The topological polar surface area (TPSA) is 66.8 Å². The lowest BCUT2D eigenvalue weighted by Gasteiger charge is -2.26. The number of carbonyl (C=O) groups is 2. The van der Waals surface area contributed by atoms with Gasteiger partial charge in [-0.15, -0.1) is 0 Å². The fraction of sp³-hybridized carbons (Fsp3) is 0.833. The zero-order chi connectivity index (χ0) is 12.3. The largest absolute Gasteiger partial charge is 0.480 e. The number of nitrogens with zero attached hydrogens (tertiary/aromatic N) is 1. The van der Waals surface area contributed by atoms with Gasteiger partial charge in [-0.25, -0.2) is 0 Å². The lowest BCUT2D eigenvalue weighted by atomic mass is 10.1. The minimum absolute atomic E-state index is 0.00806. The van der Waals surface area contributed by atoms with Crippen LogP contribution in [0.15, 0.2) is 0 Å². The summed E-state index contributed by atoms with van der Waals surface area (Å²) >= 11 is 0. The van der Waals surface area contributed by atoms with Crippen molar-refractivity contribution in [3.63, 3.8) is 0 Å². The average Bonchev–Trinajstić information content (AvgIpc) is 3.10. The maximum absolute atomic E-state index is 12.0. The highest BCUT2D eigenvalue weighted by Gasteiger charge is 2.34. The zero-order valence-electron chi connectivity index (χ0n) is 9.93. The zero-order valence-corrected chi connectivity index (χ0v) is 9.93. The SMILES string of the molecule is O=C(O)CN(C(=O)C[C@@H]1CCCCO1)C1CC1. The molecule has 0 aromatic carbocycles. The monoisotopic (exact) mass is 241 g/mol. The Kier molecular flexibility index (Phi) is 3.99. The van der Waals surface area contributed by atoms with E-state index >= 15 is 0 Å². The molecule has 5 heteroatoms. The first-order valence-electron chi connectivity index (χ1n) is 6.29. The second-order valence-electron chi connectivity index (χ2n) is 4.84. The molecular formula is C12H19NO4. The van der Waals surface area contributed by atoms with Crippen LogP contribution < -0.4 is 0 Å². The van der Waals surface area contributed by atoms with Crippen LogP contribution in [0.5, 0.6) is 0 Å². The molecule has 2 fully saturated rings. The van der Waals surface area contributed by atoms with Crippen LogP contribution >= 0.6 is 0 Å². The third kappa shape index (κ3) is 3.70. The number of hydrogen-bond acceptors (Lipinski definition) is 3. The van der Waals surface area contributed by atoms with E-state index in [1.807, 2.05) is 0 Å². The summed E-state index contributed by atoms with van der Waals surface area (Å²) in [5.74, 6) is -1.00. The molecule has 1 heterocycles. The molecule has 0 bridgehead atoms. The van der Waals surface area contributed by atoms with Crippen molar-refractivity contribution < 1.29 is 19.4 Å². The third-order valence-corrected chi connectivity index (χ3v) is 3.29. The van der Waals surface area contributed by atoms with Gasteiger partial charge in [-0.3, -0.25) is 9.59 Å².